The van der Waals surface area contributed by atoms with Crippen molar-refractivity contribution in [2.24, 2.45) is 0 Å². The van der Waals surface area contributed by atoms with Gasteiger partial charge in [0.15, 0.2) is 0 Å². The number of aryl methyl sites for hydroxylation is 3. The second-order valence-corrected chi connectivity index (χ2v) is 7.98. The van der Waals surface area contributed by atoms with Crippen molar-refractivity contribution in [1.29, 1.82) is 0 Å². The number of aromatic nitrogens is 4. The first-order chi connectivity index (χ1) is 12.7. The normalized spacial score (nSPS) is 13.5. The maximum absolute atomic E-state index is 6.25. The molecular formula is C19H16ClN5S. The number of nitrogens with zero attached hydrogens (tertiary/aromatic N) is 4. The molecule has 26 heavy (non-hydrogen) atoms. The molecule has 7 heteroatoms. The summed E-state index contributed by atoms with van der Waals surface area (Å²) >= 11 is 7.84. The zero-order valence-corrected chi connectivity index (χ0v) is 15.8. The minimum absolute atomic E-state index is 0.662. The minimum Gasteiger partial charge on any atom is -0.365 e. The van der Waals surface area contributed by atoms with Crippen molar-refractivity contribution in [3.05, 3.63) is 52.2 Å². The molecule has 5 rings (SSSR count). The topological polar surface area (TPSA) is 63.6 Å². The molecule has 1 aliphatic carbocycles. The first-order valence-corrected chi connectivity index (χ1v) is 9.79. The van der Waals surface area contributed by atoms with E-state index >= 15 is 0 Å². The molecule has 0 radical (unpaired) electrons. The summed E-state index contributed by atoms with van der Waals surface area (Å²) in [5.41, 5.74) is 5.72. The first kappa shape index (κ1) is 15.9. The van der Waals surface area contributed by atoms with Gasteiger partial charge in [0.1, 0.15) is 17.0 Å². The molecule has 0 aromatic carbocycles. The molecule has 0 saturated carbocycles. The number of anilines is 1. The highest BCUT2D eigenvalue weighted by Gasteiger charge is 2.16. The minimum atomic E-state index is 0.662. The van der Waals surface area contributed by atoms with Crippen molar-refractivity contribution in [1.82, 2.24) is 19.9 Å². The quantitative estimate of drug-likeness (QED) is 0.557. The molecular weight excluding hydrogens is 366 g/mol. The predicted molar refractivity (Wildman–Crippen MR) is 106 cm³/mol. The van der Waals surface area contributed by atoms with E-state index in [1.165, 1.54) is 23.2 Å². The summed E-state index contributed by atoms with van der Waals surface area (Å²) in [6, 6.07) is 2.26. The first-order valence-electron chi connectivity index (χ1n) is 8.59. The lowest BCUT2D eigenvalue weighted by Gasteiger charge is -2.07. The van der Waals surface area contributed by atoms with Gasteiger partial charge in [0.05, 0.1) is 15.2 Å². The highest BCUT2D eigenvalue weighted by molar-refractivity contribution is 7.26. The van der Waals surface area contributed by atoms with Crippen molar-refractivity contribution >= 4 is 49.2 Å². The van der Waals surface area contributed by atoms with E-state index in [-0.39, 0.29) is 0 Å². The standard InChI is InChI=1S/C19H16ClN5S/c1-10-13(20)8-23-19-15(10)16-17(26-19)18(25-9-24-16)22-7-11-5-12-3-2-4-14(12)21-6-11/h5-6,8-9H,2-4,7H2,1H3,(H,22,24,25). The lowest BCUT2D eigenvalue weighted by molar-refractivity contribution is 0.899. The lowest BCUT2D eigenvalue weighted by atomic mass is 10.1. The van der Waals surface area contributed by atoms with Gasteiger partial charge in [-0.3, -0.25) is 4.98 Å². The van der Waals surface area contributed by atoms with Crippen LogP contribution in [0.5, 0.6) is 0 Å². The van der Waals surface area contributed by atoms with Gasteiger partial charge in [-0.05, 0) is 42.9 Å². The van der Waals surface area contributed by atoms with Gasteiger partial charge in [0, 0.05) is 30.0 Å². The van der Waals surface area contributed by atoms with E-state index in [9.17, 15) is 0 Å². The molecule has 5 nitrogen and oxygen atoms in total. The largest absolute Gasteiger partial charge is 0.365 e. The second-order valence-electron chi connectivity index (χ2n) is 6.57. The summed E-state index contributed by atoms with van der Waals surface area (Å²) in [6.45, 7) is 2.69. The Morgan fingerprint density at radius 2 is 2.08 bits per heavy atom. The summed E-state index contributed by atoms with van der Waals surface area (Å²) in [6.07, 6.45) is 8.71. The zero-order valence-electron chi connectivity index (χ0n) is 14.2. The van der Waals surface area contributed by atoms with Crippen LogP contribution >= 0.6 is 22.9 Å². The Morgan fingerprint density at radius 3 is 3.00 bits per heavy atom. The van der Waals surface area contributed by atoms with E-state index in [4.69, 9.17) is 11.6 Å². The van der Waals surface area contributed by atoms with Crippen LogP contribution in [0.15, 0.2) is 24.8 Å². The number of thiophene rings is 1. The summed E-state index contributed by atoms with van der Waals surface area (Å²) in [5, 5.41) is 5.13. The maximum atomic E-state index is 6.25. The van der Waals surface area contributed by atoms with Crippen LogP contribution in [-0.2, 0) is 19.4 Å². The van der Waals surface area contributed by atoms with Crippen LogP contribution in [-0.4, -0.2) is 19.9 Å². The van der Waals surface area contributed by atoms with Crippen LogP contribution < -0.4 is 5.32 Å². The average Bonchev–Trinajstić information content (AvgIpc) is 3.27. The third-order valence-electron chi connectivity index (χ3n) is 4.92. The fourth-order valence-electron chi connectivity index (χ4n) is 3.54. The molecule has 4 heterocycles. The highest BCUT2D eigenvalue weighted by atomic mass is 35.5. The number of hydrogen-bond acceptors (Lipinski definition) is 6. The number of nitrogens with one attached hydrogen (secondary N) is 1. The Bertz CT molecular complexity index is 1150. The van der Waals surface area contributed by atoms with Gasteiger partial charge in [-0.2, -0.15) is 0 Å². The highest BCUT2D eigenvalue weighted by Crippen LogP contribution is 2.38. The van der Waals surface area contributed by atoms with E-state index in [0.29, 0.717) is 11.6 Å². The number of pyridine rings is 2. The number of fused-ring (bicyclic) bond motifs is 4. The van der Waals surface area contributed by atoms with Crippen LogP contribution in [0.1, 0.15) is 28.8 Å². The van der Waals surface area contributed by atoms with Gasteiger partial charge in [0.2, 0.25) is 0 Å². The van der Waals surface area contributed by atoms with E-state index in [0.717, 1.165) is 44.7 Å². The molecule has 0 unspecified atom stereocenters. The molecule has 0 aliphatic heterocycles. The molecule has 0 fully saturated rings. The lowest BCUT2D eigenvalue weighted by Crippen LogP contribution is -2.03. The molecule has 1 aliphatic rings. The maximum Gasteiger partial charge on any atom is 0.147 e. The van der Waals surface area contributed by atoms with Crippen molar-refractivity contribution in [2.45, 2.75) is 32.7 Å². The molecule has 1 N–H and O–H groups in total. The number of halogens is 1. The molecule has 0 atom stereocenters. The third-order valence-corrected chi connectivity index (χ3v) is 6.39. The number of hydrogen-bond donors (Lipinski definition) is 1. The van der Waals surface area contributed by atoms with Gasteiger partial charge in [-0.25, -0.2) is 15.0 Å². The molecule has 0 amide bonds. The van der Waals surface area contributed by atoms with E-state index in [1.54, 1.807) is 23.9 Å². The summed E-state index contributed by atoms with van der Waals surface area (Å²) < 4.78 is 1.01. The SMILES string of the molecule is Cc1c(Cl)cnc2sc3c(NCc4cnc5c(c4)CCC5)ncnc3c12. The van der Waals surface area contributed by atoms with Gasteiger partial charge in [0.25, 0.3) is 0 Å². The Balaban J connectivity index is 1.52. The Labute approximate surface area is 159 Å². The Kier molecular flexibility index (Phi) is 3.76. The van der Waals surface area contributed by atoms with Crippen LogP contribution in [0, 0.1) is 6.92 Å². The molecule has 0 bridgehead atoms. The monoisotopic (exact) mass is 381 g/mol. The molecule has 0 saturated heterocycles. The summed E-state index contributed by atoms with van der Waals surface area (Å²) in [5.74, 6) is 0.828. The predicted octanol–water partition coefficient (Wildman–Crippen LogP) is 4.70. The molecule has 4 aromatic rings. The van der Waals surface area contributed by atoms with Crippen molar-refractivity contribution < 1.29 is 0 Å². The van der Waals surface area contributed by atoms with E-state index < -0.39 is 0 Å². The number of rotatable bonds is 3. The van der Waals surface area contributed by atoms with Crippen molar-refractivity contribution in [3.8, 4) is 0 Å². The second kappa shape index (κ2) is 6.14. The van der Waals surface area contributed by atoms with E-state index in [1.807, 2.05) is 13.1 Å². The third kappa shape index (κ3) is 2.52. The van der Waals surface area contributed by atoms with Crippen molar-refractivity contribution in [2.75, 3.05) is 5.32 Å². The summed E-state index contributed by atoms with van der Waals surface area (Å²) in [4.78, 5) is 18.9. The zero-order chi connectivity index (χ0) is 17.7. The van der Waals surface area contributed by atoms with Gasteiger partial charge >= 0.3 is 0 Å². The van der Waals surface area contributed by atoms with Crippen LogP contribution in [0.2, 0.25) is 5.02 Å². The van der Waals surface area contributed by atoms with Crippen LogP contribution in [0.3, 0.4) is 0 Å². The van der Waals surface area contributed by atoms with Gasteiger partial charge in [-0.1, -0.05) is 17.7 Å². The fraction of sp³-hybridized carbons (Fsp3) is 0.263. The van der Waals surface area contributed by atoms with Crippen molar-refractivity contribution in [3.63, 3.8) is 0 Å². The van der Waals surface area contributed by atoms with Crippen LogP contribution in [0.4, 0.5) is 5.82 Å². The van der Waals surface area contributed by atoms with Gasteiger partial charge < -0.3 is 5.32 Å². The van der Waals surface area contributed by atoms with Crippen LogP contribution in [0.25, 0.3) is 20.4 Å². The molecule has 4 aromatic heterocycles. The van der Waals surface area contributed by atoms with Gasteiger partial charge in [-0.15, -0.1) is 11.3 Å². The smallest absolute Gasteiger partial charge is 0.147 e. The summed E-state index contributed by atoms with van der Waals surface area (Å²) in [7, 11) is 0. The fourth-order valence-corrected chi connectivity index (χ4v) is 4.81. The van der Waals surface area contributed by atoms with E-state index in [2.05, 4.69) is 31.3 Å². The molecule has 130 valence electrons. The Morgan fingerprint density at radius 1 is 1.15 bits per heavy atom. The Hall–Kier alpha value is -2.31. The average molecular weight is 382 g/mol. The molecule has 0 spiro atoms.